The van der Waals surface area contributed by atoms with Crippen LogP contribution in [-0.4, -0.2) is 36.5 Å². The van der Waals surface area contributed by atoms with Crippen molar-refractivity contribution in [1.29, 1.82) is 0 Å². The zero-order valence-corrected chi connectivity index (χ0v) is 13.1. The summed E-state index contributed by atoms with van der Waals surface area (Å²) in [5.74, 6) is 4.95. The number of halogens is 2. The Bertz CT molecular complexity index is 200. The molecule has 0 N–H and O–H groups in total. The van der Waals surface area contributed by atoms with Gasteiger partial charge in [0.25, 0.3) is 0 Å². The monoisotopic (exact) mass is 320 g/mol. The van der Waals surface area contributed by atoms with Gasteiger partial charge >= 0.3 is 0 Å². The second-order valence-electron chi connectivity index (χ2n) is 3.50. The van der Waals surface area contributed by atoms with Crippen molar-refractivity contribution in [2.75, 3.05) is 23.0 Å². The van der Waals surface area contributed by atoms with Crippen LogP contribution >= 0.6 is 70.2 Å². The van der Waals surface area contributed by atoms with Crippen molar-refractivity contribution in [2.45, 2.75) is 26.3 Å². The molecule has 88 valence electrons. The van der Waals surface area contributed by atoms with Crippen molar-refractivity contribution in [2.24, 2.45) is 0 Å². The van der Waals surface area contributed by atoms with Crippen LogP contribution in [0.1, 0.15) is 12.8 Å². The van der Waals surface area contributed by atoms with Gasteiger partial charge < -0.3 is 0 Å². The van der Waals surface area contributed by atoms with Crippen LogP contribution in [-0.2, 0) is 0 Å². The third-order valence-electron chi connectivity index (χ3n) is 2.40. The summed E-state index contributed by atoms with van der Waals surface area (Å²) < 4.78 is 0.610. The minimum absolute atomic E-state index is 0.0388. The second-order valence-corrected chi connectivity index (χ2v) is 10.3. The predicted octanol–water partition coefficient (Wildman–Crippen LogP) is 4.55. The average molecular weight is 321 g/mol. The zero-order valence-electron chi connectivity index (χ0n) is 8.29. The largest absolute Gasteiger partial charge is 0.145 e. The lowest BCUT2D eigenvalue weighted by Crippen LogP contribution is -2.42. The fraction of sp³-hybridized carbons (Fsp3) is 1.00. The van der Waals surface area contributed by atoms with Gasteiger partial charge in [0.15, 0.2) is 0 Å². The molecule has 0 amide bonds. The van der Waals surface area contributed by atoms with Crippen molar-refractivity contribution in [3.05, 3.63) is 0 Å². The first kappa shape index (κ1) is 13.4. The maximum absolute atomic E-state index is 6.24. The Morgan fingerprint density at radius 3 is 2.00 bits per heavy atom. The van der Waals surface area contributed by atoms with E-state index in [2.05, 4.69) is 0 Å². The van der Waals surface area contributed by atoms with E-state index < -0.39 is 0 Å². The van der Waals surface area contributed by atoms with E-state index in [0.29, 0.717) is 4.58 Å². The molecule has 0 spiro atoms. The Kier molecular flexibility index (Phi) is 5.58. The van der Waals surface area contributed by atoms with Crippen LogP contribution < -0.4 is 0 Å². The molecule has 0 aliphatic carbocycles. The summed E-state index contributed by atoms with van der Waals surface area (Å²) in [6, 6.07) is 0. The van der Waals surface area contributed by atoms with Gasteiger partial charge in [0.05, 0.1) is 4.58 Å². The van der Waals surface area contributed by atoms with E-state index >= 15 is 0 Å². The molecule has 2 aliphatic rings. The number of hydrogen-bond acceptors (Lipinski definition) is 4. The maximum atomic E-state index is 6.24. The molecule has 2 saturated heterocycles. The normalized spacial score (nSPS) is 28.2. The maximum Gasteiger partial charge on any atom is 0.133 e. The highest BCUT2D eigenvalue weighted by atomic mass is 35.5. The van der Waals surface area contributed by atoms with Crippen LogP contribution in [0.4, 0.5) is 0 Å². The van der Waals surface area contributed by atoms with Gasteiger partial charge in [-0.05, 0) is 35.9 Å². The molecule has 6 heteroatoms. The molecular weight excluding hydrogens is 307 g/mol. The van der Waals surface area contributed by atoms with Gasteiger partial charge in [0.1, 0.15) is 8.92 Å². The van der Waals surface area contributed by atoms with Crippen LogP contribution in [0.5, 0.6) is 0 Å². The second kappa shape index (κ2) is 6.24. The molecule has 0 nitrogen and oxygen atoms in total. The van der Waals surface area contributed by atoms with E-state index in [1.165, 1.54) is 35.9 Å². The number of alkyl halides is 2. The van der Waals surface area contributed by atoms with Gasteiger partial charge in [-0.15, -0.1) is 70.2 Å². The van der Waals surface area contributed by atoms with Gasteiger partial charge in [0, 0.05) is 0 Å². The van der Waals surface area contributed by atoms with E-state index in [-0.39, 0.29) is 8.92 Å². The van der Waals surface area contributed by atoms with Crippen molar-refractivity contribution < 1.29 is 0 Å². The molecule has 2 rings (SSSR count). The Hall–Kier alpha value is 1.98. The first-order valence-corrected chi connectivity index (χ1v) is 9.99. The molecule has 0 radical (unpaired) electrons. The molecule has 0 aromatic carbocycles. The van der Waals surface area contributed by atoms with E-state index in [9.17, 15) is 0 Å². The van der Waals surface area contributed by atoms with Gasteiger partial charge in [-0.2, -0.15) is 0 Å². The van der Waals surface area contributed by atoms with Crippen molar-refractivity contribution in [3.8, 4) is 0 Å². The topological polar surface area (TPSA) is 0 Å². The summed E-state index contributed by atoms with van der Waals surface area (Å²) in [5.41, 5.74) is 0. The molecule has 2 aliphatic heterocycles. The van der Waals surface area contributed by atoms with Gasteiger partial charge in [-0.25, -0.2) is 0 Å². The Labute approximate surface area is 119 Å². The highest BCUT2D eigenvalue weighted by Gasteiger charge is 2.47. The summed E-state index contributed by atoms with van der Waals surface area (Å²) in [5, 5.41) is 0. The highest BCUT2D eigenvalue weighted by Crippen LogP contribution is 2.57. The lowest BCUT2D eigenvalue weighted by Gasteiger charge is -2.43. The average Bonchev–Trinajstić information content (AvgIpc) is 2.31. The third kappa shape index (κ3) is 3.05. The third-order valence-corrected chi connectivity index (χ3v) is 11.0. The SMILES string of the molecule is ClC(Cl)C1(C2SCCCS2)SCCCS1. The molecular formula is C9H14Cl2S4. The lowest BCUT2D eigenvalue weighted by molar-refractivity contribution is 0.914. The first-order valence-electron chi connectivity index (χ1n) is 5.05. The predicted molar refractivity (Wildman–Crippen MR) is 81.1 cm³/mol. The highest BCUT2D eigenvalue weighted by molar-refractivity contribution is 8.25. The fourth-order valence-electron chi connectivity index (χ4n) is 1.65. The molecule has 0 atom stereocenters. The standard InChI is InChI=1S/C9H14Cl2S4/c10-7(11)9(14-5-2-6-15-9)8-12-3-1-4-13-8/h7-8H,1-6H2. The number of rotatable bonds is 2. The summed E-state index contributed by atoms with van der Waals surface area (Å²) in [6.07, 6.45) is 2.62. The van der Waals surface area contributed by atoms with E-state index in [1.807, 2.05) is 47.0 Å². The fourth-order valence-corrected chi connectivity index (χ4v) is 10.3. The van der Waals surface area contributed by atoms with Crippen LogP contribution in [0.3, 0.4) is 0 Å². The minimum atomic E-state index is -0.254. The van der Waals surface area contributed by atoms with Crippen LogP contribution in [0.2, 0.25) is 0 Å². The Morgan fingerprint density at radius 1 is 0.933 bits per heavy atom. The van der Waals surface area contributed by atoms with Crippen LogP contribution in [0.25, 0.3) is 0 Å². The number of thioether (sulfide) groups is 4. The molecule has 2 heterocycles. The Balaban J connectivity index is 2.09. The molecule has 2 fully saturated rings. The molecule has 0 saturated carbocycles. The zero-order chi connectivity index (χ0) is 10.7. The molecule has 15 heavy (non-hydrogen) atoms. The molecule has 0 unspecified atom stereocenters. The van der Waals surface area contributed by atoms with Crippen LogP contribution in [0.15, 0.2) is 0 Å². The summed E-state index contributed by atoms with van der Waals surface area (Å²) in [7, 11) is 0. The van der Waals surface area contributed by atoms with Gasteiger partial charge in [-0.1, -0.05) is 0 Å². The van der Waals surface area contributed by atoms with Gasteiger partial charge in [0.2, 0.25) is 0 Å². The van der Waals surface area contributed by atoms with Gasteiger partial charge in [-0.3, -0.25) is 0 Å². The summed E-state index contributed by atoms with van der Waals surface area (Å²) >= 11 is 20.6. The van der Waals surface area contributed by atoms with Crippen molar-refractivity contribution in [1.82, 2.24) is 0 Å². The van der Waals surface area contributed by atoms with E-state index in [1.54, 1.807) is 0 Å². The quantitative estimate of drug-likeness (QED) is 0.684. The van der Waals surface area contributed by atoms with Crippen molar-refractivity contribution in [3.63, 3.8) is 0 Å². The van der Waals surface area contributed by atoms with Crippen molar-refractivity contribution >= 4 is 70.2 Å². The first-order chi connectivity index (χ1) is 7.26. The summed E-state index contributed by atoms with van der Waals surface area (Å²) in [4.78, 5) is -0.254. The van der Waals surface area contributed by atoms with E-state index in [0.717, 1.165) is 0 Å². The molecule has 0 aromatic rings. The number of hydrogen-bond donors (Lipinski definition) is 0. The van der Waals surface area contributed by atoms with Crippen LogP contribution in [0, 0.1) is 0 Å². The molecule has 0 aromatic heterocycles. The summed E-state index contributed by atoms with van der Waals surface area (Å²) in [6.45, 7) is 0. The van der Waals surface area contributed by atoms with E-state index in [4.69, 9.17) is 23.2 Å². The minimum Gasteiger partial charge on any atom is -0.145 e. The Morgan fingerprint density at radius 2 is 1.47 bits per heavy atom. The molecule has 0 bridgehead atoms. The smallest absolute Gasteiger partial charge is 0.133 e. The lowest BCUT2D eigenvalue weighted by atomic mass is 10.5.